The lowest BCUT2D eigenvalue weighted by Crippen LogP contribution is -2.72. The van der Waals surface area contributed by atoms with E-state index in [2.05, 4.69) is 23.5 Å². The fourth-order valence-electron chi connectivity index (χ4n) is 4.61. The zero-order valence-electron chi connectivity index (χ0n) is 16.6. The van der Waals surface area contributed by atoms with Crippen LogP contribution in [0.3, 0.4) is 0 Å². The molecule has 5 nitrogen and oxygen atoms in total. The van der Waals surface area contributed by atoms with E-state index in [0.29, 0.717) is 18.7 Å². The molecule has 1 N–H and O–H groups in total. The molecule has 3 atom stereocenters. The van der Waals surface area contributed by atoms with Gasteiger partial charge >= 0.3 is 0 Å². The average molecular weight is 434 g/mol. The van der Waals surface area contributed by atoms with Crippen LogP contribution in [0.5, 0.6) is 0 Å². The summed E-state index contributed by atoms with van der Waals surface area (Å²) in [6.07, 6.45) is 0. The normalized spacial score (nSPS) is 23.0. The van der Waals surface area contributed by atoms with E-state index in [4.69, 9.17) is 5.26 Å². The summed E-state index contributed by atoms with van der Waals surface area (Å²) in [5.41, 5.74) is 3.79. The molecule has 0 spiro atoms. The topological polar surface area (TPSA) is 73.2 Å². The zero-order chi connectivity index (χ0) is 21.6. The Morgan fingerprint density at radius 1 is 0.935 bits per heavy atom. The molecule has 0 aromatic heterocycles. The van der Waals surface area contributed by atoms with Crippen LogP contribution < -0.4 is 5.32 Å². The molecule has 3 saturated heterocycles. The van der Waals surface area contributed by atoms with Crippen LogP contribution in [0, 0.1) is 17.1 Å². The fraction of sp³-hybridized carbons (Fsp3) is 0.208. The van der Waals surface area contributed by atoms with E-state index in [-0.39, 0.29) is 22.9 Å². The van der Waals surface area contributed by atoms with Crippen LogP contribution in [0.2, 0.25) is 0 Å². The average Bonchev–Trinajstić information content (AvgIpc) is 2.80. The van der Waals surface area contributed by atoms with Gasteiger partial charge < -0.3 is 5.32 Å². The van der Waals surface area contributed by atoms with Crippen molar-refractivity contribution in [2.75, 3.05) is 13.1 Å². The first-order valence-electron chi connectivity index (χ1n) is 10.1. The molecule has 0 radical (unpaired) electrons. The molecule has 156 valence electrons. The van der Waals surface area contributed by atoms with Crippen molar-refractivity contribution in [1.29, 1.82) is 5.26 Å². The molecular formula is C24H20FN3O2S. The number of hydrogen-bond donors (Lipinski definition) is 1. The number of piperidine rings is 1. The van der Waals surface area contributed by atoms with Crippen LogP contribution in [-0.4, -0.2) is 37.9 Å². The van der Waals surface area contributed by atoms with Gasteiger partial charge in [0.05, 0.1) is 11.6 Å². The van der Waals surface area contributed by atoms with Gasteiger partial charge in [-0.2, -0.15) is 9.57 Å². The number of nitriles is 1. The Bertz CT molecular complexity index is 1270. The van der Waals surface area contributed by atoms with Crippen LogP contribution in [0.15, 0.2) is 77.7 Å². The lowest BCUT2D eigenvalue weighted by molar-refractivity contribution is 0.101. The van der Waals surface area contributed by atoms with Crippen molar-refractivity contribution in [2.24, 2.45) is 0 Å². The maximum absolute atomic E-state index is 14.1. The van der Waals surface area contributed by atoms with Crippen LogP contribution in [0.25, 0.3) is 11.1 Å². The van der Waals surface area contributed by atoms with Gasteiger partial charge in [0.15, 0.2) is 0 Å². The van der Waals surface area contributed by atoms with E-state index >= 15 is 0 Å². The number of piperazine rings is 1. The number of hydrogen-bond acceptors (Lipinski definition) is 4. The Hall–Kier alpha value is -3.05. The number of rotatable bonds is 4. The molecule has 6 rings (SSSR count). The van der Waals surface area contributed by atoms with Gasteiger partial charge in [0.2, 0.25) is 10.0 Å². The molecule has 1 unspecified atom stereocenters. The second-order valence-electron chi connectivity index (χ2n) is 7.97. The van der Waals surface area contributed by atoms with Crippen LogP contribution in [0.4, 0.5) is 4.39 Å². The molecule has 3 aromatic rings. The second kappa shape index (κ2) is 7.57. The zero-order valence-corrected chi connectivity index (χ0v) is 17.4. The molecule has 0 aliphatic carbocycles. The Labute approximate surface area is 180 Å². The van der Waals surface area contributed by atoms with Gasteiger partial charge in [-0.3, -0.25) is 0 Å². The van der Waals surface area contributed by atoms with Crippen LogP contribution in [0.1, 0.15) is 17.0 Å². The molecule has 2 bridgehead atoms. The minimum absolute atomic E-state index is 0.00642. The molecule has 3 aliphatic heterocycles. The number of nitrogens with zero attached hydrogens (tertiary/aromatic N) is 2. The Morgan fingerprint density at radius 2 is 1.65 bits per heavy atom. The summed E-state index contributed by atoms with van der Waals surface area (Å²) in [4.78, 5) is -0.267. The first-order chi connectivity index (χ1) is 15.0. The van der Waals surface area contributed by atoms with Gasteiger partial charge in [0.1, 0.15) is 10.7 Å². The Kier molecular flexibility index (Phi) is 4.86. The third kappa shape index (κ3) is 3.43. The smallest absolute Gasteiger partial charge is 0.246 e. The first kappa shape index (κ1) is 19.9. The lowest BCUT2D eigenvalue weighted by atomic mass is 9.75. The number of nitrogens with one attached hydrogen (secondary N) is 1. The monoisotopic (exact) mass is 433 g/mol. The van der Waals surface area contributed by atoms with E-state index in [1.54, 1.807) is 6.07 Å². The molecule has 3 aromatic carbocycles. The maximum atomic E-state index is 14.1. The fourth-order valence-corrected chi connectivity index (χ4v) is 6.17. The van der Waals surface area contributed by atoms with Gasteiger partial charge in [-0.25, -0.2) is 12.8 Å². The summed E-state index contributed by atoms with van der Waals surface area (Å²) < 4.78 is 41.3. The summed E-state index contributed by atoms with van der Waals surface area (Å²) in [7, 11) is -3.86. The molecule has 7 heteroatoms. The lowest BCUT2D eigenvalue weighted by Gasteiger charge is -2.54. The molecule has 31 heavy (non-hydrogen) atoms. The number of sulfonamides is 1. The van der Waals surface area contributed by atoms with Gasteiger partial charge in [-0.05, 0) is 41.0 Å². The molecule has 3 aliphatic rings. The highest BCUT2D eigenvalue weighted by Gasteiger charge is 2.50. The summed E-state index contributed by atoms with van der Waals surface area (Å²) in [6.45, 7) is 0.619. The van der Waals surface area contributed by atoms with E-state index in [1.165, 1.54) is 28.6 Å². The Morgan fingerprint density at radius 3 is 2.32 bits per heavy atom. The van der Waals surface area contributed by atoms with Crippen molar-refractivity contribution < 1.29 is 12.8 Å². The van der Waals surface area contributed by atoms with Crippen molar-refractivity contribution in [3.05, 3.63) is 89.7 Å². The van der Waals surface area contributed by atoms with E-state index in [9.17, 15) is 12.8 Å². The van der Waals surface area contributed by atoms with Gasteiger partial charge in [-0.1, -0.05) is 48.5 Å². The predicted molar refractivity (Wildman–Crippen MR) is 115 cm³/mol. The quantitative estimate of drug-likeness (QED) is 0.684. The minimum Gasteiger partial charge on any atom is -0.307 e. The number of halogens is 1. The molecule has 0 saturated carbocycles. The van der Waals surface area contributed by atoms with Crippen molar-refractivity contribution >= 4 is 10.0 Å². The Balaban J connectivity index is 1.34. The van der Waals surface area contributed by atoms with Crippen LogP contribution in [-0.2, 0) is 10.0 Å². The van der Waals surface area contributed by atoms with Crippen molar-refractivity contribution in [3.8, 4) is 17.2 Å². The minimum atomic E-state index is -3.86. The summed E-state index contributed by atoms with van der Waals surface area (Å²) in [5, 5.41) is 12.5. The molecule has 3 fully saturated rings. The highest BCUT2D eigenvalue weighted by atomic mass is 32.2. The third-order valence-corrected chi connectivity index (χ3v) is 8.04. The van der Waals surface area contributed by atoms with Crippen LogP contribution >= 0.6 is 0 Å². The third-order valence-electron chi connectivity index (χ3n) is 6.17. The van der Waals surface area contributed by atoms with Gasteiger partial charge in [0.25, 0.3) is 0 Å². The second-order valence-corrected chi connectivity index (χ2v) is 9.88. The first-order valence-corrected chi connectivity index (χ1v) is 11.5. The SMILES string of the molecule is N#Cc1cccc(-c2ccc(C3[C@@H]4CN(S(=O)(=O)c5ccccc5F)C[C@H]3N4)cc2)c1. The molecular weight excluding hydrogens is 413 g/mol. The standard InChI is InChI=1S/C24H20FN3O2S/c25-20-6-1-2-7-23(20)31(29,30)28-14-21-24(22(15-28)27-21)18-10-8-17(9-11-18)19-5-3-4-16(12-19)13-26/h1-12,21-22,24,27H,14-15H2/t21-,22+,24?. The summed E-state index contributed by atoms with van der Waals surface area (Å²) in [5.74, 6) is -0.506. The largest absolute Gasteiger partial charge is 0.307 e. The number of benzene rings is 3. The molecule has 0 amide bonds. The van der Waals surface area contributed by atoms with Crippen molar-refractivity contribution in [3.63, 3.8) is 0 Å². The van der Waals surface area contributed by atoms with Gasteiger partial charge in [0, 0.05) is 31.1 Å². The predicted octanol–water partition coefficient (Wildman–Crippen LogP) is 3.49. The number of fused-ring (bicyclic) bond motifs is 2. The summed E-state index contributed by atoms with van der Waals surface area (Å²) in [6, 6.07) is 23.3. The maximum Gasteiger partial charge on any atom is 0.246 e. The summed E-state index contributed by atoms with van der Waals surface area (Å²) >= 11 is 0. The highest BCUT2D eigenvalue weighted by molar-refractivity contribution is 7.89. The van der Waals surface area contributed by atoms with E-state index in [1.807, 2.05) is 30.3 Å². The van der Waals surface area contributed by atoms with Gasteiger partial charge in [-0.15, -0.1) is 0 Å². The van der Waals surface area contributed by atoms with Crippen molar-refractivity contribution in [1.82, 2.24) is 9.62 Å². The van der Waals surface area contributed by atoms with E-state index < -0.39 is 15.8 Å². The molecule has 3 heterocycles. The highest BCUT2D eigenvalue weighted by Crippen LogP contribution is 2.39. The van der Waals surface area contributed by atoms with Crippen molar-refractivity contribution in [2.45, 2.75) is 22.9 Å². The van der Waals surface area contributed by atoms with E-state index in [0.717, 1.165) is 16.7 Å².